The molecule has 1 rings (SSSR count). The summed E-state index contributed by atoms with van der Waals surface area (Å²) >= 11 is 1.18. The predicted molar refractivity (Wildman–Crippen MR) is 87.0 cm³/mol. The molecule has 21 heavy (non-hydrogen) atoms. The number of nitrogens with one attached hydrogen (secondary N) is 2. The molecular weight excluding hydrogens is 308 g/mol. The molecule has 0 aliphatic carbocycles. The van der Waals surface area contributed by atoms with Crippen molar-refractivity contribution < 1.29 is 13.2 Å². The molecule has 0 spiro atoms. The van der Waals surface area contributed by atoms with Crippen LogP contribution in [0.3, 0.4) is 0 Å². The van der Waals surface area contributed by atoms with Gasteiger partial charge in [0.1, 0.15) is 0 Å². The van der Waals surface area contributed by atoms with Gasteiger partial charge in [0, 0.05) is 17.5 Å². The van der Waals surface area contributed by atoms with E-state index in [0.717, 1.165) is 24.8 Å². The SMILES string of the molecule is CC(C)CCC#CCNc1csc(C(=O)NS(C)(=O)=O)c1. The topological polar surface area (TPSA) is 75.3 Å². The summed E-state index contributed by atoms with van der Waals surface area (Å²) in [7, 11) is -3.53. The zero-order valence-corrected chi connectivity index (χ0v) is 14.0. The van der Waals surface area contributed by atoms with Gasteiger partial charge in [0.2, 0.25) is 10.0 Å². The molecule has 0 aromatic carbocycles. The Morgan fingerprint density at radius 3 is 2.71 bits per heavy atom. The van der Waals surface area contributed by atoms with E-state index in [0.29, 0.717) is 17.3 Å². The molecule has 0 saturated heterocycles. The second-order valence-corrected chi connectivity index (χ2v) is 7.70. The van der Waals surface area contributed by atoms with Crippen LogP contribution in [0.4, 0.5) is 5.69 Å². The summed E-state index contributed by atoms with van der Waals surface area (Å²) in [6.45, 7) is 4.82. The van der Waals surface area contributed by atoms with Gasteiger partial charge in [-0.3, -0.25) is 4.79 Å². The van der Waals surface area contributed by atoms with Crippen LogP contribution in [0.1, 0.15) is 36.4 Å². The van der Waals surface area contributed by atoms with Crippen LogP contribution in [0.25, 0.3) is 0 Å². The quantitative estimate of drug-likeness (QED) is 0.786. The van der Waals surface area contributed by atoms with Crippen LogP contribution >= 0.6 is 11.3 Å². The van der Waals surface area contributed by atoms with E-state index in [9.17, 15) is 13.2 Å². The Labute approximate surface area is 130 Å². The van der Waals surface area contributed by atoms with Crippen LogP contribution < -0.4 is 10.0 Å². The average Bonchev–Trinajstić information content (AvgIpc) is 2.80. The maximum absolute atomic E-state index is 11.6. The normalized spacial score (nSPS) is 10.9. The molecule has 0 fully saturated rings. The van der Waals surface area contributed by atoms with E-state index in [4.69, 9.17) is 0 Å². The largest absolute Gasteiger partial charge is 0.373 e. The highest BCUT2D eigenvalue weighted by Gasteiger charge is 2.13. The smallest absolute Gasteiger partial charge is 0.274 e. The van der Waals surface area contributed by atoms with Crippen molar-refractivity contribution in [3.63, 3.8) is 0 Å². The van der Waals surface area contributed by atoms with E-state index in [1.54, 1.807) is 11.4 Å². The minimum absolute atomic E-state index is 0.343. The third-order valence-electron chi connectivity index (χ3n) is 2.45. The first kappa shape index (κ1) is 17.5. The highest BCUT2D eigenvalue weighted by Crippen LogP contribution is 2.19. The van der Waals surface area contributed by atoms with Gasteiger partial charge in [0.25, 0.3) is 5.91 Å². The standard InChI is InChI=1S/C14H20N2O3S2/c1-11(2)7-5-4-6-8-15-12-9-13(20-10-12)14(17)16-21(3,18)19/h9-11,15H,5,7-8H2,1-3H3,(H,16,17). The van der Waals surface area contributed by atoms with Crippen molar-refractivity contribution in [1.82, 2.24) is 4.72 Å². The molecule has 0 atom stereocenters. The van der Waals surface area contributed by atoms with Crippen LogP contribution in [0.5, 0.6) is 0 Å². The summed E-state index contributed by atoms with van der Waals surface area (Å²) in [5, 5.41) is 4.84. The average molecular weight is 328 g/mol. The van der Waals surface area contributed by atoms with E-state index in [-0.39, 0.29) is 0 Å². The monoisotopic (exact) mass is 328 g/mol. The summed E-state index contributed by atoms with van der Waals surface area (Å²) in [4.78, 5) is 12.0. The number of anilines is 1. The lowest BCUT2D eigenvalue weighted by molar-refractivity contribution is 0.0985. The Balaban J connectivity index is 2.44. The number of carbonyl (C=O) groups is 1. The van der Waals surface area contributed by atoms with Gasteiger partial charge < -0.3 is 5.32 Å². The Bertz CT molecular complexity index is 637. The van der Waals surface area contributed by atoms with E-state index < -0.39 is 15.9 Å². The fraction of sp³-hybridized carbons (Fsp3) is 0.500. The van der Waals surface area contributed by atoms with Crippen LogP contribution in [0, 0.1) is 17.8 Å². The molecule has 0 radical (unpaired) electrons. The van der Waals surface area contributed by atoms with Crippen molar-refractivity contribution in [3.8, 4) is 11.8 Å². The van der Waals surface area contributed by atoms with E-state index in [2.05, 4.69) is 31.0 Å². The van der Waals surface area contributed by atoms with E-state index in [1.165, 1.54) is 11.3 Å². The van der Waals surface area contributed by atoms with Crippen LogP contribution in [-0.4, -0.2) is 27.1 Å². The van der Waals surface area contributed by atoms with E-state index >= 15 is 0 Å². The summed E-state index contributed by atoms with van der Waals surface area (Å²) in [5.74, 6) is 6.13. The molecule has 1 aromatic rings. The Morgan fingerprint density at radius 1 is 1.38 bits per heavy atom. The summed E-state index contributed by atoms with van der Waals surface area (Å²) in [6.07, 6.45) is 2.91. The minimum Gasteiger partial charge on any atom is -0.373 e. The maximum atomic E-state index is 11.6. The van der Waals surface area contributed by atoms with Crippen LogP contribution in [-0.2, 0) is 10.0 Å². The van der Waals surface area contributed by atoms with Gasteiger partial charge in [-0.2, -0.15) is 0 Å². The van der Waals surface area contributed by atoms with Gasteiger partial charge >= 0.3 is 0 Å². The molecule has 1 aromatic heterocycles. The fourth-order valence-corrected chi connectivity index (χ4v) is 2.69. The van der Waals surface area contributed by atoms with Crippen molar-refractivity contribution in [1.29, 1.82) is 0 Å². The van der Waals surface area contributed by atoms with E-state index in [1.807, 2.05) is 4.72 Å². The Kier molecular flexibility index (Phi) is 6.72. The molecule has 2 N–H and O–H groups in total. The number of amides is 1. The maximum Gasteiger partial charge on any atom is 0.274 e. The number of sulfonamides is 1. The van der Waals surface area contributed by atoms with Gasteiger partial charge in [-0.1, -0.05) is 19.8 Å². The molecule has 7 heteroatoms. The van der Waals surface area contributed by atoms with Crippen molar-refractivity contribution in [2.24, 2.45) is 5.92 Å². The third-order valence-corrected chi connectivity index (χ3v) is 3.94. The number of carbonyl (C=O) groups excluding carboxylic acids is 1. The lowest BCUT2D eigenvalue weighted by atomic mass is 10.1. The fourth-order valence-electron chi connectivity index (χ4n) is 1.42. The lowest BCUT2D eigenvalue weighted by Crippen LogP contribution is -2.28. The highest BCUT2D eigenvalue weighted by molar-refractivity contribution is 7.89. The molecule has 0 bridgehead atoms. The van der Waals surface area contributed by atoms with Crippen LogP contribution in [0.2, 0.25) is 0 Å². The molecular formula is C14H20N2O3S2. The number of hydrogen-bond acceptors (Lipinski definition) is 5. The number of rotatable bonds is 6. The van der Waals surface area contributed by atoms with Crippen LogP contribution in [0.15, 0.2) is 11.4 Å². The zero-order chi connectivity index (χ0) is 15.9. The first-order chi connectivity index (χ1) is 9.78. The van der Waals surface area contributed by atoms with Crippen molar-refractivity contribution in [2.45, 2.75) is 26.7 Å². The molecule has 0 saturated carbocycles. The van der Waals surface area contributed by atoms with Crippen molar-refractivity contribution >= 4 is 33.0 Å². The lowest BCUT2D eigenvalue weighted by Gasteiger charge is -1.99. The Morgan fingerprint density at radius 2 is 2.10 bits per heavy atom. The predicted octanol–water partition coefficient (Wildman–Crippen LogP) is 2.29. The molecule has 116 valence electrons. The Hall–Kier alpha value is -1.52. The first-order valence-corrected chi connectivity index (χ1v) is 9.35. The van der Waals surface area contributed by atoms with Gasteiger partial charge in [0.05, 0.1) is 17.7 Å². The molecule has 1 heterocycles. The molecule has 0 aliphatic heterocycles. The number of hydrogen-bond donors (Lipinski definition) is 2. The second-order valence-electron chi connectivity index (χ2n) is 5.04. The van der Waals surface area contributed by atoms with Crippen molar-refractivity contribution in [2.75, 3.05) is 18.1 Å². The van der Waals surface area contributed by atoms with Gasteiger partial charge in [-0.05, 0) is 18.4 Å². The number of thiophene rings is 1. The third kappa shape index (κ3) is 7.73. The molecule has 1 amide bonds. The van der Waals surface area contributed by atoms with Gasteiger partial charge in [-0.15, -0.1) is 17.3 Å². The summed E-state index contributed by atoms with van der Waals surface area (Å²) < 4.78 is 23.9. The summed E-state index contributed by atoms with van der Waals surface area (Å²) in [6, 6.07) is 1.61. The van der Waals surface area contributed by atoms with Gasteiger partial charge in [0.15, 0.2) is 0 Å². The minimum atomic E-state index is -3.53. The summed E-state index contributed by atoms with van der Waals surface area (Å²) in [5.41, 5.74) is 0.761. The highest BCUT2D eigenvalue weighted by atomic mass is 32.2. The molecule has 5 nitrogen and oxygen atoms in total. The second kappa shape index (κ2) is 8.05. The van der Waals surface area contributed by atoms with Crippen molar-refractivity contribution in [3.05, 3.63) is 16.3 Å². The first-order valence-electron chi connectivity index (χ1n) is 6.58. The molecule has 0 unspecified atom stereocenters. The van der Waals surface area contributed by atoms with Gasteiger partial charge in [-0.25, -0.2) is 13.1 Å². The zero-order valence-electron chi connectivity index (χ0n) is 12.4. The molecule has 0 aliphatic rings.